The number of urea groups is 1. The molecule has 9 heteroatoms. The Kier molecular flexibility index (Phi) is 6.14. The minimum Gasteiger partial charge on any atom is -0.337 e. The van der Waals surface area contributed by atoms with E-state index < -0.39 is 12.1 Å². The average Bonchev–Trinajstić information content (AvgIpc) is 3.11. The summed E-state index contributed by atoms with van der Waals surface area (Å²) < 4.78 is 1.95. The van der Waals surface area contributed by atoms with Crippen LogP contribution in [0, 0.1) is 0 Å². The zero-order valence-corrected chi connectivity index (χ0v) is 14.9. The van der Waals surface area contributed by atoms with Crippen molar-refractivity contribution in [1.29, 1.82) is 0 Å². The number of imide groups is 1. The zero-order valence-electron chi connectivity index (χ0n) is 14.9. The van der Waals surface area contributed by atoms with E-state index in [1.54, 1.807) is 29.8 Å². The highest BCUT2D eigenvalue weighted by Crippen LogP contribution is 2.11. The van der Waals surface area contributed by atoms with Crippen LogP contribution in [0.4, 0.5) is 4.79 Å². The topological polar surface area (TPSA) is 109 Å². The Labute approximate surface area is 156 Å². The lowest BCUT2D eigenvalue weighted by Crippen LogP contribution is -2.49. The number of aryl methyl sites for hydroxylation is 1. The number of nitrogens with zero attached hydrogens (tertiary/aromatic N) is 4. The van der Waals surface area contributed by atoms with Gasteiger partial charge in [0, 0.05) is 50.8 Å². The van der Waals surface area contributed by atoms with Gasteiger partial charge in [0.15, 0.2) is 0 Å². The molecule has 0 radical (unpaired) electrons. The van der Waals surface area contributed by atoms with Gasteiger partial charge in [0.05, 0.1) is 6.33 Å². The molecule has 9 nitrogen and oxygen atoms in total. The van der Waals surface area contributed by atoms with Crippen molar-refractivity contribution >= 4 is 17.8 Å². The molecule has 1 aliphatic rings. The second-order valence-corrected chi connectivity index (χ2v) is 6.39. The van der Waals surface area contributed by atoms with Crippen LogP contribution >= 0.6 is 0 Å². The van der Waals surface area contributed by atoms with E-state index in [2.05, 4.69) is 20.6 Å². The molecule has 0 aromatic carbocycles. The van der Waals surface area contributed by atoms with E-state index >= 15 is 0 Å². The zero-order chi connectivity index (χ0) is 19.1. The maximum Gasteiger partial charge on any atom is 0.322 e. The highest BCUT2D eigenvalue weighted by molar-refractivity contribution is 5.98. The van der Waals surface area contributed by atoms with Crippen molar-refractivity contribution in [3.8, 4) is 0 Å². The van der Waals surface area contributed by atoms with Crippen LogP contribution in [0.3, 0.4) is 0 Å². The van der Waals surface area contributed by atoms with Gasteiger partial charge in [-0.05, 0) is 24.5 Å². The summed E-state index contributed by atoms with van der Waals surface area (Å²) in [7, 11) is 0. The van der Waals surface area contributed by atoms with Crippen molar-refractivity contribution in [3.05, 3.63) is 48.8 Å². The highest BCUT2D eigenvalue weighted by Gasteiger charge is 2.29. The number of rotatable bonds is 7. The highest BCUT2D eigenvalue weighted by atomic mass is 16.2. The smallest absolute Gasteiger partial charge is 0.322 e. The van der Waals surface area contributed by atoms with Crippen molar-refractivity contribution < 1.29 is 14.4 Å². The summed E-state index contributed by atoms with van der Waals surface area (Å²) in [5.74, 6) is -0.573. The quantitative estimate of drug-likeness (QED) is 0.745. The Bertz CT molecular complexity index is 778. The summed E-state index contributed by atoms with van der Waals surface area (Å²) >= 11 is 0. The van der Waals surface area contributed by atoms with E-state index in [4.69, 9.17) is 0 Å². The number of carbonyl (C=O) groups excluding carboxylic acids is 3. The molecule has 2 N–H and O–H groups in total. The summed E-state index contributed by atoms with van der Waals surface area (Å²) in [5.41, 5.74) is 0.905. The first-order chi connectivity index (χ1) is 13.1. The van der Waals surface area contributed by atoms with Crippen molar-refractivity contribution in [3.63, 3.8) is 0 Å². The van der Waals surface area contributed by atoms with Crippen LogP contribution < -0.4 is 10.6 Å². The minimum absolute atomic E-state index is 0.130. The Hall–Kier alpha value is -3.23. The van der Waals surface area contributed by atoms with Gasteiger partial charge in [-0.3, -0.25) is 19.9 Å². The van der Waals surface area contributed by atoms with E-state index in [0.29, 0.717) is 13.1 Å². The number of carbonyl (C=O) groups is 3. The molecule has 3 heterocycles. The number of hydrogen-bond acceptors (Lipinski definition) is 5. The first-order valence-electron chi connectivity index (χ1n) is 8.85. The number of hydrogen-bond donors (Lipinski definition) is 2. The standard InChI is InChI=1S/C18H22N6O3/c25-16-5-4-15(21-18(27)22-16)17(26)24(12-14-3-1-6-19-11-14)9-2-8-23-10-7-20-13-23/h1,3,6-7,10-11,13,15H,2,4-5,8-9,12H2,(H2,21,22,25,27)/t15-/m0/s1. The molecule has 142 valence electrons. The summed E-state index contributed by atoms with van der Waals surface area (Å²) in [6.07, 6.45) is 9.85. The molecule has 0 bridgehead atoms. The predicted octanol–water partition coefficient (Wildman–Crippen LogP) is 0.685. The van der Waals surface area contributed by atoms with Gasteiger partial charge in [-0.15, -0.1) is 0 Å². The van der Waals surface area contributed by atoms with Crippen LogP contribution in [0.1, 0.15) is 24.8 Å². The molecular weight excluding hydrogens is 348 g/mol. The molecule has 0 unspecified atom stereocenters. The molecule has 27 heavy (non-hydrogen) atoms. The maximum atomic E-state index is 13.0. The Morgan fingerprint density at radius 2 is 2.19 bits per heavy atom. The molecule has 2 aromatic heterocycles. The van der Waals surface area contributed by atoms with Gasteiger partial charge in [0.1, 0.15) is 6.04 Å². The maximum absolute atomic E-state index is 13.0. The van der Waals surface area contributed by atoms with Crippen LogP contribution in [0.2, 0.25) is 0 Å². The molecule has 0 saturated carbocycles. The van der Waals surface area contributed by atoms with Crippen molar-refractivity contribution in [2.24, 2.45) is 0 Å². The van der Waals surface area contributed by atoms with Crippen molar-refractivity contribution in [2.45, 2.75) is 38.4 Å². The van der Waals surface area contributed by atoms with E-state index in [9.17, 15) is 14.4 Å². The number of imidazole rings is 1. The lowest BCUT2D eigenvalue weighted by molar-refractivity contribution is -0.134. The fraction of sp³-hybridized carbons (Fsp3) is 0.389. The van der Waals surface area contributed by atoms with Crippen LogP contribution in [0.25, 0.3) is 0 Å². The third kappa shape index (κ3) is 5.37. The molecular formula is C18H22N6O3. The third-order valence-electron chi connectivity index (χ3n) is 4.33. The Morgan fingerprint density at radius 3 is 2.93 bits per heavy atom. The molecule has 3 rings (SSSR count). The third-order valence-corrected chi connectivity index (χ3v) is 4.33. The monoisotopic (exact) mass is 370 g/mol. The van der Waals surface area contributed by atoms with Gasteiger partial charge in [0.25, 0.3) is 0 Å². The fourth-order valence-corrected chi connectivity index (χ4v) is 2.98. The van der Waals surface area contributed by atoms with Crippen molar-refractivity contribution in [2.75, 3.05) is 6.54 Å². The normalized spacial score (nSPS) is 17.0. The molecule has 1 fully saturated rings. The lowest BCUT2D eigenvalue weighted by atomic mass is 10.1. The van der Waals surface area contributed by atoms with E-state index in [1.165, 1.54) is 0 Å². The van der Waals surface area contributed by atoms with E-state index in [1.807, 2.05) is 22.9 Å². The SMILES string of the molecule is O=C1CC[C@@H](C(=O)N(CCCn2ccnc2)Cc2cccnc2)NC(=O)N1. The van der Waals surface area contributed by atoms with E-state index in [0.717, 1.165) is 18.5 Å². The molecule has 1 saturated heterocycles. The number of amides is 4. The van der Waals surface area contributed by atoms with Crippen molar-refractivity contribution in [1.82, 2.24) is 30.1 Å². The number of pyridine rings is 1. The largest absolute Gasteiger partial charge is 0.337 e. The average molecular weight is 370 g/mol. The van der Waals surface area contributed by atoms with Crippen LogP contribution in [-0.2, 0) is 22.7 Å². The number of nitrogens with one attached hydrogen (secondary N) is 2. The van der Waals surface area contributed by atoms with Gasteiger partial charge < -0.3 is 14.8 Å². The second kappa shape index (κ2) is 8.93. The molecule has 0 aliphatic carbocycles. The van der Waals surface area contributed by atoms with Gasteiger partial charge in [-0.1, -0.05) is 6.07 Å². The Balaban J connectivity index is 1.67. The predicted molar refractivity (Wildman–Crippen MR) is 96.2 cm³/mol. The second-order valence-electron chi connectivity index (χ2n) is 6.39. The summed E-state index contributed by atoms with van der Waals surface area (Å²) in [6, 6.07) is 2.37. The molecule has 1 atom stereocenters. The molecule has 2 aromatic rings. The summed E-state index contributed by atoms with van der Waals surface area (Å²) in [4.78, 5) is 46.1. The van der Waals surface area contributed by atoms with Crippen LogP contribution in [-0.4, -0.2) is 49.9 Å². The first kappa shape index (κ1) is 18.6. The first-order valence-corrected chi connectivity index (χ1v) is 8.85. The van der Waals surface area contributed by atoms with Gasteiger partial charge in [0.2, 0.25) is 11.8 Å². The molecule has 0 spiro atoms. The summed E-state index contributed by atoms with van der Waals surface area (Å²) in [6.45, 7) is 1.64. The molecule has 4 amide bonds. The van der Waals surface area contributed by atoms with Crippen LogP contribution in [0.5, 0.6) is 0 Å². The Morgan fingerprint density at radius 1 is 1.30 bits per heavy atom. The molecule has 1 aliphatic heterocycles. The van der Waals surface area contributed by atoms with Gasteiger partial charge in [-0.25, -0.2) is 9.78 Å². The van der Waals surface area contributed by atoms with Crippen LogP contribution in [0.15, 0.2) is 43.2 Å². The number of aromatic nitrogens is 3. The minimum atomic E-state index is -0.721. The van der Waals surface area contributed by atoms with E-state index in [-0.39, 0.29) is 24.7 Å². The van der Waals surface area contributed by atoms with Gasteiger partial charge in [-0.2, -0.15) is 0 Å². The lowest BCUT2D eigenvalue weighted by Gasteiger charge is -2.27. The van der Waals surface area contributed by atoms with Gasteiger partial charge >= 0.3 is 6.03 Å². The fourth-order valence-electron chi connectivity index (χ4n) is 2.98. The summed E-state index contributed by atoms with van der Waals surface area (Å²) in [5, 5.41) is 4.78.